The third-order valence-electron chi connectivity index (χ3n) is 9.27. The summed E-state index contributed by atoms with van der Waals surface area (Å²) in [6.07, 6.45) is 3.39. The van der Waals surface area contributed by atoms with E-state index in [1.54, 1.807) is 0 Å². The number of fused-ring (bicyclic) bond motifs is 2. The first-order valence-electron chi connectivity index (χ1n) is 14.5. The number of amides is 1. The van der Waals surface area contributed by atoms with Crippen molar-refractivity contribution >= 4 is 22.6 Å². The number of nitrogens with one attached hydrogen (secondary N) is 1. The van der Waals surface area contributed by atoms with Crippen molar-refractivity contribution < 1.29 is 23.5 Å². The summed E-state index contributed by atoms with van der Waals surface area (Å²) < 4.78 is 13.1. The average Bonchev–Trinajstić information content (AvgIpc) is 2.92. The standard InChI is InChI=1S/C34H42N2O4/c1-24(2)22-36(4)18-17-33(29-11-8-12-31(20-29)40-25(3)37)21-30(15-16-34(33,23-36)39-5)35-32(38)28-14-13-26-9-6-7-10-27(26)19-28/h6-14,19-20,24,30H,15-18,21-23H2,1-5H3/p+1/t30-,33+,34?,36-/m0/s1. The highest BCUT2D eigenvalue weighted by atomic mass is 16.5. The van der Waals surface area contributed by atoms with Crippen molar-refractivity contribution in [3.63, 3.8) is 0 Å². The Hall–Kier alpha value is -3.22. The molecule has 1 aliphatic heterocycles. The second-order valence-corrected chi connectivity index (χ2v) is 12.7. The summed E-state index contributed by atoms with van der Waals surface area (Å²) in [7, 11) is 4.21. The van der Waals surface area contributed by atoms with E-state index >= 15 is 0 Å². The molecule has 2 fully saturated rings. The molecule has 4 atom stereocenters. The lowest BCUT2D eigenvalue weighted by molar-refractivity contribution is -0.926. The molecule has 0 spiro atoms. The topological polar surface area (TPSA) is 64.6 Å². The van der Waals surface area contributed by atoms with Gasteiger partial charge in [-0.05, 0) is 59.9 Å². The number of methoxy groups -OCH3 is 1. The Morgan fingerprint density at radius 3 is 2.52 bits per heavy atom. The van der Waals surface area contributed by atoms with Crippen molar-refractivity contribution in [3.8, 4) is 5.75 Å². The van der Waals surface area contributed by atoms with Crippen LogP contribution in [0.2, 0.25) is 0 Å². The maximum Gasteiger partial charge on any atom is 0.308 e. The van der Waals surface area contributed by atoms with E-state index in [0.29, 0.717) is 17.2 Å². The SMILES string of the molecule is COC12CC[C@H](NC(=O)c3ccc4ccccc4c3)C[C@@]1(c1cccc(OC(C)=O)c1)CC[N@@+](C)(CC(C)C)C2. The first-order chi connectivity index (χ1) is 19.1. The number of nitrogens with zero attached hydrogens (tertiary/aromatic N) is 1. The largest absolute Gasteiger partial charge is 0.427 e. The van der Waals surface area contributed by atoms with Crippen molar-refractivity contribution in [2.45, 2.75) is 63.5 Å². The summed E-state index contributed by atoms with van der Waals surface area (Å²) in [6.45, 7) is 9.02. The number of benzene rings is 3. The Balaban J connectivity index is 1.49. The molecular weight excluding hydrogens is 500 g/mol. The number of likely N-dealkylation sites (N-methyl/N-ethyl adjacent to an activating group) is 1. The second kappa shape index (κ2) is 11.0. The zero-order valence-electron chi connectivity index (χ0n) is 24.5. The molecule has 1 N–H and O–H groups in total. The monoisotopic (exact) mass is 543 g/mol. The molecule has 1 amide bonds. The van der Waals surface area contributed by atoms with E-state index in [4.69, 9.17) is 9.47 Å². The van der Waals surface area contributed by atoms with E-state index in [1.807, 2.05) is 61.7 Å². The summed E-state index contributed by atoms with van der Waals surface area (Å²) >= 11 is 0. The minimum atomic E-state index is -0.395. The molecule has 6 heteroatoms. The van der Waals surface area contributed by atoms with Crippen LogP contribution in [0.4, 0.5) is 0 Å². The third-order valence-corrected chi connectivity index (χ3v) is 9.27. The second-order valence-electron chi connectivity index (χ2n) is 12.7. The van der Waals surface area contributed by atoms with Crippen LogP contribution in [0, 0.1) is 5.92 Å². The first-order valence-corrected chi connectivity index (χ1v) is 14.5. The van der Waals surface area contributed by atoms with Gasteiger partial charge in [-0.3, -0.25) is 9.59 Å². The fraction of sp³-hybridized carbons (Fsp3) is 0.471. The number of likely N-dealkylation sites (tertiary alicyclic amines) is 1. The normalized spacial score (nSPS) is 28.2. The molecule has 212 valence electrons. The van der Waals surface area contributed by atoms with Crippen LogP contribution < -0.4 is 10.1 Å². The van der Waals surface area contributed by atoms with Crippen molar-refractivity contribution in [1.29, 1.82) is 0 Å². The van der Waals surface area contributed by atoms with Crippen LogP contribution >= 0.6 is 0 Å². The van der Waals surface area contributed by atoms with Gasteiger partial charge in [-0.15, -0.1) is 0 Å². The number of carbonyl (C=O) groups is 2. The number of rotatable bonds is 7. The predicted molar refractivity (Wildman–Crippen MR) is 158 cm³/mol. The Kier molecular flexibility index (Phi) is 7.77. The molecule has 40 heavy (non-hydrogen) atoms. The summed E-state index contributed by atoms with van der Waals surface area (Å²) in [5.74, 6) is 0.760. The van der Waals surface area contributed by atoms with E-state index in [0.717, 1.165) is 66.1 Å². The van der Waals surface area contributed by atoms with Crippen LogP contribution in [0.5, 0.6) is 5.75 Å². The van der Waals surface area contributed by atoms with E-state index in [-0.39, 0.29) is 23.3 Å². The summed E-state index contributed by atoms with van der Waals surface area (Å²) in [4.78, 5) is 25.3. The molecule has 0 bridgehead atoms. The average molecular weight is 544 g/mol. The van der Waals surface area contributed by atoms with Crippen molar-refractivity contribution in [2.75, 3.05) is 33.8 Å². The molecule has 1 aliphatic carbocycles. The number of carbonyl (C=O) groups excluding carboxylic acids is 2. The predicted octanol–water partition coefficient (Wildman–Crippen LogP) is 5.88. The smallest absolute Gasteiger partial charge is 0.308 e. The molecule has 3 aromatic rings. The minimum Gasteiger partial charge on any atom is -0.427 e. The molecule has 1 saturated carbocycles. The molecule has 0 aromatic heterocycles. The van der Waals surface area contributed by atoms with Crippen LogP contribution in [-0.2, 0) is 14.9 Å². The van der Waals surface area contributed by atoms with Gasteiger partial charge in [-0.2, -0.15) is 0 Å². The van der Waals surface area contributed by atoms with E-state index in [2.05, 4.69) is 38.3 Å². The maximum absolute atomic E-state index is 13.5. The summed E-state index contributed by atoms with van der Waals surface area (Å²) in [6, 6.07) is 22.0. The van der Waals surface area contributed by atoms with Crippen molar-refractivity contribution in [3.05, 3.63) is 77.9 Å². The van der Waals surface area contributed by atoms with Crippen LogP contribution in [0.1, 0.15) is 62.4 Å². The fourth-order valence-corrected chi connectivity index (χ4v) is 7.74. The van der Waals surface area contributed by atoms with Crippen molar-refractivity contribution in [1.82, 2.24) is 5.32 Å². The number of hydrogen-bond acceptors (Lipinski definition) is 4. The Morgan fingerprint density at radius 2 is 1.80 bits per heavy atom. The lowest BCUT2D eigenvalue weighted by atomic mass is 9.54. The van der Waals surface area contributed by atoms with Crippen molar-refractivity contribution in [2.24, 2.45) is 5.92 Å². The Labute approximate surface area is 238 Å². The van der Waals surface area contributed by atoms with Gasteiger partial charge in [0.2, 0.25) is 0 Å². The molecule has 1 unspecified atom stereocenters. The number of ether oxygens (including phenoxy) is 2. The van der Waals surface area contributed by atoms with Gasteiger partial charge in [0.15, 0.2) is 0 Å². The van der Waals surface area contributed by atoms with Gasteiger partial charge in [0.1, 0.15) is 17.9 Å². The van der Waals surface area contributed by atoms with Crippen LogP contribution in [0.25, 0.3) is 10.8 Å². The Morgan fingerprint density at radius 1 is 1.02 bits per heavy atom. The van der Waals surface area contributed by atoms with Gasteiger partial charge in [0.05, 0.1) is 20.1 Å². The highest BCUT2D eigenvalue weighted by molar-refractivity contribution is 5.98. The minimum absolute atomic E-state index is 0.00146. The zero-order chi connectivity index (χ0) is 28.5. The van der Waals surface area contributed by atoms with E-state index in [1.165, 1.54) is 6.92 Å². The highest BCUT2D eigenvalue weighted by Crippen LogP contribution is 2.55. The molecule has 2 aliphatic rings. The zero-order valence-corrected chi connectivity index (χ0v) is 24.5. The maximum atomic E-state index is 13.5. The third kappa shape index (κ3) is 5.39. The van der Waals surface area contributed by atoms with Gasteiger partial charge in [-0.1, -0.05) is 56.3 Å². The molecule has 1 saturated heterocycles. The lowest BCUT2D eigenvalue weighted by Crippen LogP contribution is -2.72. The van der Waals surface area contributed by atoms with E-state index < -0.39 is 5.60 Å². The van der Waals surface area contributed by atoms with E-state index in [9.17, 15) is 9.59 Å². The number of quaternary nitrogens is 1. The van der Waals surface area contributed by atoms with Gasteiger partial charge in [-0.25, -0.2) is 0 Å². The fourth-order valence-electron chi connectivity index (χ4n) is 7.74. The molecular formula is C34H43N2O4+. The summed E-state index contributed by atoms with van der Waals surface area (Å²) in [5, 5.41) is 5.57. The highest BCUT2D eigenvalue weighted by Gasteiger charge is 2.62. The summed E-state index contributed by atoms with van der Waals surface area (Å²) in [5.41, 5.74) is 1.08. The van der Waals surface area contributed by atoms with Gasteiger partial charge in [0.25, 0.3) is 5.91 Å². The van der Waals surface area contributed by atoms with Crippen LogP contribution in [-0.4, -0.2) is 61.8 Å². The number of hydrogen-bond donors (Lipinski definition) is 1. The quantitative estimate of drug-likeness (QED) is 0.230. The first kappa shape index (κ1) is 28.3. The molecule has 5 rings (SSSR count). The molecule has 0 radical (unpaired) electrons. The number of esters is 1. The lowest BCUT2D eigenvalue weighted by Gasteiger charge is -2.61. The van der Waals surface area contributed by atoms with Gasteiger partial charge < -0.3 is 19.3 Å². The van der Waals surface area contributed by atoms with Gasteiger partial charge >= 0.3 is 5.97 Å². The van der Waals surface area contributed by atoms with Crippen LogP contribution in [0.15, 0.2) is 66.7 Å². The Bertz CT molecular complexity index is 1400. The molecule has 6 nitrogen and oxygen atoms in total. The number of piperidine rings is 1. The van der Waals surface area contributed by atoms with Gasteiger partial charge in [0, 0.05) is 43.4 Å². The molecule has 3 aromatic carbocycles. The van der Waals surface area contributed by atoms with Crippen LogP contribution in [0.3, 0.4) is 0 Å². The molecule has 1 heterocycles.